The SMILES string of the molecule is CC1CCC(C)N(C(=O)c2ccc(N)cc2Cl)C1.Cl. The second-order valence-corrected chi connectivity index (χ2v) is 5.64. The van der Waals surface area contributed by atoms with E-state index in [-0.39, 0.29) is 24.4 Å². The van der Waals surface area contributed by atoms with Crippen molar-refractivity contribution in [2.75, 3.05) is 12.3 Å². The summed E-state index contributed by atoms with van der Waals surface area (Å²) in [6.07, 6.45) is 2.24. The molecule has 1 aliphatic rings. The lowest BCUT2D eigenvalue weighted by Crippen LogP contribution is -2.45. The first kappa shape index (κ1) is 16.1. The largest absolute Gasteiger partial charge is 0.399 e. The highest BCUT2D eigenvalue weighted by atomic mass is 35.5. The van der Waals surface area contributed by atoms with Gasteiger partial charge in [0, 0.05) is 18.3 Å². The van der Waals surface area contributed by atoms with Gasteiger partial charge in [-0.1, -0.05) is 18.5 Å². The van der Waals surface area contributed by atoms with E-state index >= 15 is 0 Å². The predicted octanol–water partition coefficient (Wildman–Crippen LogP) is 3.60. The van der Waals surface area contributed by atoms with E-state index in [1.54, 1.807) is 18.2 Å². The van der Waals surface area contributed by atoms with Gasteiger partial charge in [-0.15, -0.1) is 12.4 Å². The van der Waals surface area contributed by atoms with Crippen molar-refractivity contribution in [3.05, 3.63) is 28.8 Å². The van der Waals surface area contributed by atoms with E-state index in [0.717, 1.165) is 13.0 Å². The zero-order valence-electron chi connectivity index (χ0n) is 11.2. The second kappa shape index (κ2) is 6.49. The van der Waals surface area contributed by atoms with Gasteiger partial charge >= 0.3 is 0 Å². The fraction of sp³-hybridized carbons (Fsp3) is 0.500. The lowest BCUT2D eigenvalue weighted by atomic mass is 9.94. The van der Waals surface area contributed by atoms with Gasteiger partial charge in [-0.05, 0) is 43.9 Å². The number of piperidine rings is 1. The Morgan fingerprint density at radius 2 is 2.05 bits per heavy atom. The number of benzene rings is 1. The number of amides is 1. The normalized spacial score (nSPS) is 22.8. The fourth-order valence-corrected chi connectivity index (χ4v) is 2.70. The van der Waals surface area contributed by atoms with Crippen molar-refractivity contribution in [3.63, 3.8) is 0 Å². The maximum absolute atomic E-state index is 12.5. The highest BCUT2D eigenvalue weighted by Gasteiger charge is 2.28. The number of hydrogen-bond donors (Lipinski definition) is 1. The number of anilines is 1. The van der Waals surface area contributed by atoms with Crippen LogP contribution in [0.15, 0.2) is 18.2 Å². The molecule has 2 rings (SSSR count). The molecule has 0 bridgehead atoms. The molecule has 1 fully saturated rings. The number of hydrogen-bond acceptors (Lipinski definition) is 2. The zero-order valence-corrected chi connectivity index (χ0v) is 12.8. The molecule has 1 amide bonds. The monoisotopic (exact) mass is 302 g/mol. The van der Waals surface area contributed by atoms with E-state index in [9.17, 15) is 4.79 Å². The smallest absolute Gasteiger partial charge is 0.255 e. The van der Waals surface area contributed by atoms with Gasteiger partial charge in [0.25, 0.3) is 5.91 Å². The highest BCUT2D eigenvalue weighted by molar-refractivity contribution is 6.34. The van der Waals surface area contributed by atoms with Crippen LogP contribution in [0.5, 0.6) is 0 Å². The molecule has 1 aromatic rings. The first-order chi connectivity index (χ1) is 8.49. The van der Waals surface area contributed by atoms with Crippen LogP contribution in [0, 0.1) is 5.92 Å². The van der Waals surface area contributed by atoms with Gasteiger partial charge in [-0.3, -0.25) is 4.79 Å². The Labute approximate surface area is 125 Å². The van der Waals surface area contributed by atoms with Crippen LogP contribution in [0.1, 0.15) is 37.0 Å². The number of nitrogen functional groups attached to an aromatic ring is 1. The number of rotatable bonds is 1. The van der Waals surface area contributed by atoms with Crippen LogP contribution in [-0.4, -0.2) is 23.4 Å². The first-order valence-corrected chi connectivity index (χ1v) is 6.73. The molecule has 1 heterocycles. The lowest BCUT2D eigenvalue weighted by Gasteiger charge is -2.37. The lowest BCUT2D eigenvalue weighted by molar-refractivity contribution is 0.0574. The number of halogens is 2. The zero-order chi connectivity index (χ0) is 13.3. The Morgan fingerprint density at radius 1 is 1.37 bits per heavy atom. The molecule has 0 saturated carbocycles. The fourth-order valence-electron chi connectivity index (χ4n) is 2.43. The maximum atomic E-state index is 12.5. The molecule has 2 N–H and O–H groups in total. The first-order valence-electron chi connectivity index (χ1n) is 6.35. The van der Waals surface area contributed by atoms with Gasteiger partial charge < -0.3 is 10.6 Å². The van der Waals surface area contributed by atoms with Gasteiger partial charge in [0.15, 0.2) is 0 Å². The van der Waals surface area contributed by atoms with Crippen molar-refractivity contribution in [1.29, 1.82) is 0 Å². The van der Waals surface area contributed by atoms with Crippen molar-refractivity contribution < 1.29 is 4.79 Å². The molecule has 0 radical (unpaired) electrons. The number of carbonyl (C=O) groups excluding carboxylic acids is 1. The van der Waals surface area contributed by atoms with Gasteiger partial charge in [0.2, 0.25) is 0 Å². The molecule has 1 aromatic carbocycles. The van der Waals surface area contributed by atoms with Crippen LogP contribution in [0.4, 0.5) is 5.69 Å². The van der Waals surface area contributed by atoms with E-state index in [0.29, 0.717) is 22.2 Å². The molecule has 106 valence electrons. The Bertz CT molecular complexity index is 465. The third kappa shape index (κ3) is 3.54. The standard InChI is InChI=1S/C14H19ClN2O.ClH/c1-9-3-4-10(2)17(8-9)14(18)12-6-5-11(16)7-13(12)15;/h5-7,9-10H,3-4,8,16H2,1-2H3;1H. The molecule has 1 aliphatic heterocycles. The van der Waals surface area contributed by atoms with E-state index in [1.165, 1.54) is 6.42 Å². The summed E-state index contributed by atoms with van der Waals surface area (Å²) in [6, 6.07) is 5.35. The van der Waals surface area contributed by atoms with Crippen molar-refractivity contribution in [3.8, 4) is 0 Å². The molecule has 2 atom stereocenters. The van der Waals surface area contributed by atoms with E-state index in [2.05, 4.69) is 13.8 Å². The molecule has 1 saturated heterocycles. The van der Waals surface area contributed by atoms with Crippen molar-refractivity contribution in [2.24, 2.45) is 5.92 Å². The van der Waals surface area contributed by atoms with Crippen molar-refractivity contribution >= 4 is 35.6 Å². The van der Waals surface area contributed by atoms with Gasteiger partial charge in [-0.25, -0.2) is 0 Å². The maximum Gasteiger partial charge on any atom is 0.255 e. The van der Waals surface area contributed by atoms with E-state index < -0.39 is 0 Å². The summed E-state index contributed by atoms with van der Waals surface area (Å²) in [7, 11) is 0. The summed E-state index contributed by atoms with van der Waals surface area (Å²) >= 11 is 6.10. The quantitative estimate of drug-likeness (QED) is 0.806. The topological polar surface area (TPSA) is 46.3 Å². The molecule has 0 aromatic heterocycles. The number of nitrogens with two attached hydrogens (primary N) is 1. The summed E-state index contributed by atoms with van der Waals surface area (Å²) < 4.78 is 0. The minimum absolute atomic E-state index is 0. The molecule has 19 heavy (non-hydrogen) atoms. The third-order valence-corrected chi connectivity index (χ3v) is 3.91. The van der Waals surface area contributed by atoms with Gasteiger partial charge in [0.1, 0.15) is 0 Å². The van der Waals surface area contributed by atoms with Crippen LogP contribution in [-0.2, 0) is 0 Å². The van der Waals surface area contributed by atoms with Crippen LogP contribution in [0.2, 0.25) is 5.02 Å². The molecular formula is C14H20Cl2N2O. The molecule has 5 heteroatoms. The Hall–Kier alpha value is -0.930. The minimum atomic E-state index is 0. The molecule has 0 aliphatic carbocycles. The van der Waals surface area contributed by atoms with E-state index in [1.807, 2.05) is 4.90 Å². The number of likely N-dealkylation sites (tertiary alicyclic amines) is 1. The van der Waals surface area contributed by atoms with Gasteiger partial charge in [-0.2, -0.15) is 0 Å². The highest BCUT2D eigenvalue weighted by Crippen LogP contribution is 2.26. The predicted molar refractivity (Wildman–Crippen MR) is 82.0 cm³/mol. The number of carbonyl (C=O) groups is 1. The summed E-state index contributed by atoms with van der Waals surface area (Å²) in [5.41, 5.74) is 6.77. The average Bonchev–Trinajstić information content (AvgIpc) is 2.31. The van der Waals surface area contributed by atoms with E-state index in [4.69, 9.17) is 17.3 Å². The Balaban J connectivity index is 0.00000180. The summed E-state index contributed by atoms with van der Waals surface area (Å²) in [4.78, 5) is 14.4. The summed E-state index contributed by atoms with van der Waals surface area (Å²) in [6.45, 7) is 5.08. The molecule has 3 nitrogen and oxygen atoms in total. The minimum Gasteiger partial charge on any atom is -0.399 e. The third-order valence-electron chi connectivity index (χ3n) is 3.60. The van der Waals surface area contributed by atoms with Gasteiger partial charge in [0.05, 0.1) is 10.6 Å². The van der Waals surface area contributed by atoms with Crippen molar-refractivity contribution in [2.45, 2.75) is 32.7 Å². The molecular weight excluding hydrogens is 283 g/mol. The summed E-state index contributed by atoms with van der Waals surface area (Å²) in [5, 5.41) is 0.436. The number of nitrogens with zero attached hydrogens (tertiary/aromatic N) is 1. The average molecular weight is 303 g/mol. The van der Waals surface area contributed by atoms with Crippen LogP contribution in [0.3, 0.4) is 0 Å². The Morgan fingerprint density at radius 3 is 2.68 bits per heavy atom. The second-order valence-electron chi connectivity index (χ2n) is 5.23. The Kier molecular flexibility index (Phi) is 5.50. The molecule has 0 spiro atoms. The van der Waals surface area contributed by atoms with Crippen LogP contribution >= 0.6 is 24.0 Å². The van der Waals surface area contributed by atoms with Crippen LogP contribution in [0.25, 0.3) is 0 Å². The van der Waals surface area contributed by atoms with Crippen LogP contribution < -0.4 is 5.73 Å². The van der Waals surface area contributed by atoms with Crippen molar-refractivity contribution in [1.82, 2.24) is 4.90 Å². The summed E-state index contributed by atoms with van der Waals surface area (Å²) in [5.74, 6) is 0.566. The molecule has 2 unspecified atom stereocenters.